The van der Waals surface area contributed by atoms with Gasteiger partial charge in [-0.3, -0.25) is 0 Å². The molecular formula is C15H20N4O2. The Hall–Kier alpha value is -2.37. The summed E-state index contributed by atoms with van der Waals surface area (Å²) in [5.41, 5.74) is 7.50. The molecule has 0 bridgehead atoms. The lowest BCUT2D eigenvalue weighted by molar-refractivity contribution is 0.0527. The van der Waals surface area contributed by atoms with E-state index in [-0.39, 0.29) is 0 Å². The minimum Gasteiger partial charge on any atom is -0.462 e. The summed E-state index contributed by atoms with van der Waals surface area (Å²) >= 11 is 0. The molecule has 0 atom stereocenters. The summed E-state index contributed by atoms with van der Waals surface area (Å²) in [5, 5.41) is 4.45. The molecule has 1 aromatic carbocycles. The Kier molecular flexibility index (Phi) is 4.57. The van der Waals surface area contributed by atoms with Crippen molar-refractivity contribution in [3.05, 3.63) is 35.4 Å². The Morgan fingerprint density at radius 3 is 2.67 bits per heavy atom. The third-order valence-corrected chi connectivity index (χ3v) is 3.16. The molecule has 0 saturated heterocycles. The average molecular weight is 288 g/mol. The zero-order chi connectivity index (χ0) is 15.4. The van der Waals surface area contributed by atoms with Crippen LogP contribution >= 0.6 is 0 Å². The highest BCUT2D eigenvalue weighted by molar-refractivity contribution is 5.97. The summed E-state index contributed by atoms with van der Waals surface area (Å²) in [4.78, 5) is 16.4. The van der Waals surface area contributed by atoms with Gasteiger partial charge in [0, 0.05) is 12.8 Å². The summed E-state index contributed by atoms with van der Waals surface area (Å²) in [6.07, 6.45) is 1.48. The van der Waals surface area contributed by atoms with Crippen molar-refractivity contribution in [3.8, 4) is 5.69 Å². The molecule has 2 N–H and O–H groups in total. The zero-order valence-corrected chi connectivity index (χ0v) is 12.6. The highest BCUT2D eigenvalue weighted by atomic mass is 16.5. The van der Waals surface area contributed by atoms with Crippen LogP contribution in [0.3, 0.4) is 0 Å². The molecule has 0 spiro atoms. The molecular weight excluding hydrogens is 268 g/mol. The molecule has 6 nitrogen and oxygen atoms in total. The van der Waals surface area contributed by atoms with Crippen molar-refractivity contribution in [1.29, 1.82) is 0 Å². The number of carbonyl (C=O) groups excluding carboxylic acids is 1. The van der Waals surface area contributed by atoms with E-state index >= 15 is 0 Å². The number of aryl methyl sites for hydroxylation is 2. The number of benzene rings is 1. The summed E-state index contributed by atoms with van der Waals surface area (Å²) in [7, 11) is 0. The van der Waals surface area contributed by atoms with Gasteiger partial charge in [0.25, 0.3) is 0 Å². The number of para-hydroxylation sites is 1. The predicted molar refractivity (Wildman–Crippen MR) is 80.5 cm³/mol. The largest absolute Gasteiger partial charge is 0.462 e. The number of rotatable bonds is 5. The Morgan fingerprint density at radius 2 is 2.05 bits per heavy atom. The van der Waals surface area contributed by atoms with E-state index in [1.54, 1.807) is 23.7 Å². The van der Waals surface area contributed by atoms with Gasteiger partial charge in [-0.1, -0.05) is 19.9 Å². The fraction of sp³-hybridized carbons (Fsp3) is 0.400. The molecule has 0 fully saturated rings. The normalized spacial score (nSPS) is 10.6. The van der Waals surface area contributed by atoms with Gasteiger partial charge < -0.3 is 10.5 Å². The number of nitrogens with two attached hydrogens (primary N) is 1. The van der Waals surface area contributed by atoms with Crippen molar-refractivity contribution in [1.82, 2.24) is 14.8 Å². The van der Waals surface area contributed by atoms with Crippen molar-refractivity contribution < 1.29 is 9.53 Å². The number of carbonyl (C=O) groups is 1. The molecule has 0 unspecified atom stereocenters. The van der Waals surface area contributed by atoms with E-state index in [1.807, 2.05) is 19.9 Å². The molecule has 6 heteroatoms. The minimum atomic E-state index is -0.425. The smallest absolute Gasteiger partial charge is 0.340 e. The Balaban J connectivity index is 2.52. The zero-order valence-electron chi connectivity index (χ0n) is 12.6. The van der Waals surface area contributed by atoms with Gasteiger partial charge in [0.15, 0.2) is 5.82 Å². The van der Waals surface area contributed by atoms with Crippen LogP contribution < -0.4 is 5.73 Å². The highest BCUT2D eigenvalue weighted by Crippen LogP contribution is 2.23. The fourth-order valence-electron chi connectivity index (χ4n) is 2.09. The van der Waals surface area contributed by atoms with Crippen LogP contribution in [0.2, 0.25) is 0 Å². The minimum absolute atomic E-state index is 0.312. The molecule has 0 radical (unpaired) electrons. The summed E-state index contributed by atoms with van der Waals surface area (Å²) in [6.45, 7) is 6.08. The number of hydrogen-bond donors (Lipinski definition) is 1. The number of hydrogen-bond acceptors (Lipinski definition) is 5. The average Bonchev–Trinajstić information content (AvgIpc) is 2.91. The maximum atomic E-state index is 11.9. The van der Waals surface area contributed by atoms with Crippen LogP contribution in [0.5, 0.6) is 0 Å². The van der Waals surface area contributed by atoms with Crippen LogP contribution in [0.4, 0.5) is 5.69 Å². The van der Waals surface area contributed by atoms with Crippen molar-refractivity contribution in [2.75, 3.05) is 12.3 Å². The lowest BCUT2D eigenvalue weighted by atomic mass is 10.1. The van der Waals surface area contributed by atoms with Gasteiger partial charge in [-0.25, -0.2) is 14.5 Å². The molecule has 0 aliphatic rings. The quantitative estimate of drug-likeness (QED) is 0.673. The number of nitrogen functional groups attached to an aromatic ring is 1. The number of esters is 1. The molecule has 1 heterocycles. The number of nitrogens with zero attached hydrogens (tertiary/aromatic N) is 3. The van der Waals surface area contributed by atoms with E-state index in [1.165, 1.54) is 0 Å². The summed E-state index contributed by atoms with van der Waals surface area (Å²) in [5.74, 6) is 1.15. The molecule has 2 rings (SSSR count). The molecule has 1 aromatic heterocycles. The van der Waals surface area contributed by atoms with Crippen LogP contribution in [0.1, 0.15) is 42.8 Å². The fourth-order valence-corrected chi connectivity index (χ4v) is 2.09. The monoisotopic (exact) mass is 288 g/mol. The second-order valence-electron chi connectivity index (χ2n) is 4.52. The summed E-state index contributed by atoms with van der Waals surface area (Å²) < 4.78 is 6.72. The third kappa shape index (κ3) is 2.89. The van der Waals surface area contributed by atoms with Gasteiger partial charge in [0.1, 0.15) is 5.82 Å². The van der Waals surface area contributed by atoms with Crippen LogP contribution in [0.15, 0.2) is 18.2 Å². The Morgan fingerprint density at radius 1 is 1.29 bits per heavy atom. The van der Waals surface area contributed by atoms with Crippen molar-refractivity contribution in [2.45, 2.75) is 33.6 Å². The van der Waals surface area contributed by atoms with E-state index in [0.29, 0.717) is 23.5 Å². The van der Waals surface area contributed by atoms with Gasteiger partial charge in [-0.05, 0) is 19.1 Å². The van der Waals surface area contributed by atoms with Gasteiger partial charge >= 0.3 is 5.97 Å². The van der Waals surface area contributed by atoms with E-state index in [4.69, 9.17) is 10.5 Å². The van der Waals surface area contributed by atoms with Crippen molar-refractivity contribution in [2.24, 2.45) is 0 Å². The number of anilines is 1. The SMILES string of the molecule is CCOC(=O)c1cccc(-n2nc(CC)nc2CC)c1N. The predicted octanol–water partition coefficient (Wildman–Crippen LogP) is 2.15. The van der Waals surface area contributed by atoms with E-state index in [9.17, 15) is 4.79 Å². The maximum absolute atomic E-state index is 11.9. The molecule has 0 amide bonds. The Bertz CT molecular complexity index is 649. The van der Waals surface area contributed by atoms with E-state index in [2.05, 4.69) is 10.1 Å². The number of ether oxygens (including phenoxy) is 1. The Labute approximate surface area is 123 Å². The first-order chi connectivity index (χ1) is 10.1. The second-order valence-corrected chi connectivity index (χ2v) is 4.52. The van der Waals surface area contributed by atoms with Crippen molar-refractivity contribution in [3.63, 3.8) is 0 Å². The third-order valence-electron chi connectivity index (χ3n) is 3.16. The lowest BCUT2D eigenvalue weighted by Gasteiger charge is -2.11. The van der Waals surface area contributed by atoms with Gasteiger partial charge in [0.05, 0.1) is 23.5 Å². The van der Waals surface area contributed by atoms with Crippen LogP contribution in [-0.4, -0.2) is 27.3 Å². The van der Waals surface area contributed by atoms with Gasteiger partial charge in [0.2, 0.25) is 0 Å². The summed E-state index contributed by atoms with van der Waals surface area (Å²) in [6, 6.07) is 5.25. The van der Waals surface area contributed by atoms with Crippen molar-refractivity contribution >= 4 is 11.7 Å². The van der Waals surface area contributed by atoms with E-state index in [0.717, 1.165) is 24.5 Å². The molecule has 21 heavy (non-hydrogen) atoms. The van der Waals surface area contributed by atoms with Crippen LogP contribution in [0, 0.1) is 0 Å². The topological polar surface area (TPSA) is 83.0 Å². The highest BCUT2D eigenvalue weighted by Gasteiger charge is 2.17. The second kappa shape index (κ2) is 6.39. The number of aromatic nitrogens is 3. The lowest BCUT2D eigenvalue weighted by Crippen LogP contribution is -2.12. The molecule has 0 aliphatic carbocycles. The van der Waals surface area contributed by atoms with Gasteiger partial charge in [-0.15, -0.1) is 0 Å². The van der Waals surface area contributed by atoms with Crippen LogP contribution in [0.25, 0.3) is 5.69 Å². The van der Waals surface area contributed by atoms with Crippen LogP contribution in [-0.2, 0) is 17.6 Å². The first-order valence-electron chi connectivity index (χ1n) is 7.13. The molecule has 112 valence electrons. The molecule has 2 aromatic rings. The molecule has 0 aliphatic heterocycles. The van der Waals surface area contributed by atoms with E-state index < -0.39 is 5.97 Å². The first kappa shape index (κ1) is 15.0. The maximum Gasteiger partial charge on any atom is 0.340 e. The first-order valence-corrected chi connectivity index (χ1v) is 7.13. The van der Waals surface area contributed by atoms with Gasteiger partial charge in [-0.2, -0.15) is 5.10 Å². The molecule has 0 saturated carbocycles. The standard InChI is InChI=1S/C15H20N4O2/c1-4-12-17-13(5-2)19(18-12)11-9-7-8-10(14(11)16)15(20)21-6-3/h7-9H,4-6,16H2,1-3H3.